The van der Waals surface area contributed by atoms with Crippen LogP contribution in [0.15, 0.2) is 6.20 Å². The van der Waals surface area contributed by atoms with Gasteiger partial charge in [-0.1, -0.05) is 5.21 Å². The molecular formula is C6H11N3O. The van der Waals surface area contributed by atoms with Crippen LogP contribution in [0, 0.1) is 0 Å². The Bertz CT molecular complexity index is 207. The van der Waals surface area contributed by atoms with Crippen LogP contribution < -0.4 is 0 Å². The summed E-state index contributed by atoms with van der Waals surface area (Å²) >= 11 is 0. The van der Waals surface area contributed by atoms with Crippen molar-refractivity contribution in [2.75, 3.05) is 0 Å². The highest BCUT2D eigenvalue weighted by atomic mass is 16.3. The van der Waals surface area contributed by atoms with Gasteiger partial charge >= 0.3 is 0 Å². The van der Waals surface area contributed by atoms with E-state index in [1.165, 1.54) is 0 Å². The van der Waals surface area contributed by atoms with E-state index < -0.39 is 0 Å². The van der Waals surface area contributed by atoms with Gasteiger partial charge in [0.15, 0.2) is 0 Å². The Labute approximate surface area is 59.5 Å². The van der Waals surface area contributed by atoms with Crippen molar-refractivity contribution in [3.05, 3.63) is 11.9 Å². The van der Waals surface area contributed by atoms with Gasteiger partial charge in [-0.15, -0.1) is 5.10 Å². The molecule has 0 unspecified atom stereocenters. The Kier molecular flexibility index (Phi) is 2.01. The highest BCUT2D eigenvalue weighted by Gasteiger charge is 2.00. The number of aliphatic hydroxyl groups excluding tert-OH is 1. The fourth-order valence-electron chi connectivity index (χ4n) is 0.638. The third-order valence-electron chi connectivity index (χ3n) is 1.25. The van der Waals surface area contributed by atoms with Gasteiger partial charge in [-0.25, -0.2) is 4.68 Å². The Hall–Kier alpha value is -0.900. The van der Waals surface area contributed by atoms with Gasteiger partial charge in [0.25, 0.3) is 0 Å². The minimum atomic E-state index is -0.0350. The van der Waals surface area contributed by atoms with E-state index in [4.69, 9.17) is 5.11 Å². The van der Waals surface area contributed by atoms with Gasteiger partial charge in [-0.05, 0) is 13.8 Å². The van der Waals surface area contributed by atoms with Crippen molar-refractivity contribution in [3.8, 4) is 0 Å². The van der Waals surface area contributed by atoms with Gasteiger partial charge in [0.2, 0.25) is 0 Å². The molecule has 0 aliphatic heterocycles. The van der Waals surface area contributed by atoms with E-state index in [2.05, 4.69) is 10.3 Å². The molecule has 1 aromatic heterocycles. The van der Waals surface area contributed by atoms with Gasteiger partial charge < -0.3 is 5.11 Å². The second-order valence-corrected chi connectivity index (χ2v) is 2.44. The number of aliphatic hydroxyl groups is 1. The van der Waals surface area contributed by atoms with Crippen molar-refractivity contribution < 1.29 is 5.11 Å². The summed E-state index contributed by atoms with van der Waals surface area (Å²) in [5.74, 6) is 0. The summed E-state index contributed by atoms with van der Waals surface area (Å²) in [7, 11) is 0. The second-order valence-electron chi connectivity index (χ2n) is 2.44. The van der Waals surface area contributed by atoms with E-state index >= 15 is 0 Å². The third kappa shape index (κ3) is 1.33. The number of rotatable bonds is 2. The molecule has 56 valence electrons. The smallest absolute Gasteiger partial charge is 0.108 e. The SMILES string of the molecule is CC(C)n1cc(CO)nn1. The maximum atomic E-state index is 8.62. The van der Waals surface area contributed by atoms with Crippen LogP contribution in [-0.4, -0.2) is 20.1 Å². The average Bonchev–Trinajstić information content (AvgIpc) is 2.34. The van der Waals surface area contributed by atoms with Gasteiger partial charge in [0.1, 0.15) is 5.69 Å². The quantitative estimate of drug-likeness (QED) is 0.646. The van der Waals surface area contributed by atoms with Crippen LogP contribution in [0.1, 0.15) is 25.6 Å². The first-order valence-electron chi connectivity index (χ1n) is 3.25. The molecule has 0 aliphatic carbocycles. The summed E-state index contributed by atoms with van der Waals surface area (Å²) in [5, 5.41) is 16.1. The molecule has 10 heavy (non-hydrogen) atoms. The molecule has 1 heterocycles. The van der Waals surface area contributed by atoms with Gasteiger partial charge in [0, 0.05) is 6.04 Å². The highest BCUT2D eigenvalue weighted by Crippen LogP contribution is 2.01. The maximum Gasteiger partial charge on any atom is 0.108 e. The van der Waals surface area contributed by atoms with Crippen molar-refractivity contribution in [2.24, 2.45) is 0 Å². The minimum absolute atomic E-state index is 0.0350. The van der Waals surface area contributed by atoms with E-state index in [1.807, 2.05) is 13.8 Å². The average molecular weight is 141 g/mol. The first kappa shape index (κ1) is 7.21. The topological polar surface area (TPSA) is 50.9 Å². The van der Waals surface area contributed by atoms with E-state index in [9.17, 15) is 0 Å². The first-order valence-corrected chi connectivity index (χ1v) is 3.25. The zero-order chi connectivity index (χ0) is 7.56. The van der Waals surface area contributed by atoms with Crippen molar-refractivity contribution in [2.45, 2.75) is 26.5 Å². The van der Waals surface area contributed by atoms with Crippen LogP contribution in [0.2, 0.25) is 0 Å². The molecule has 0 radical (unpaired) electrons. The number of hydrogen-bond acceptors (Lipinski definition) is 3. The number of aromatic nitrogens is 3. The molecule has 1 N–H and O–H groups in total. The minimum Gasteiger partial charge on any atom is -0.390 e. The van der Waals surface area contributed by atoms with Crippen LogP contribution in [0.5, 0.6) is 0 Å². The summed E-state index contributed by atoms with van der Waals surface area (Å²) in [4.78, 5) is 0. The predicted molar refractivity (Wildman–Crippen MR) is 36.3 cm³/mol. The molecule has 0 saturated carbocycles. The summed E-state index contributed by atoms with van der Waals surface area (Å²) in [5.41, 5.74) is 0.619. The fraction of sp³-hybridized carbons (Fsp3) is 0.667. The lowest BCUT2D eigenvalue weighted by Gasteiger charge is -2.00. The first-order chi connectivity index (χ1) is 4.74. The Morgan fingerprint density at radius 1 is 1.70 bits per heavy atom. The van der Waals surface area contributed by atoms with E-state index in [-0.39, 0.29) is 6.61 Å². The van der Waals surface area contributed by atoms with Gasteiger partial charge in [0.05, 0.1) is 12.8 Å². The molecule has 1 aromatic rings. The molecule has 0 amide bonds. The molecular weight excluding hydrogens is 130 g/mol. The Morgan fingerprint density at radius 3 is 2.70 bits per heavy atom. The van der Waals surface area contributed by atoms with Crippen molar-refractivity contribution in [1.29, 1.82) is 0 Å². The molecule has 0 spiro atoms. The second kappa shape index (κ2) is 2.79. The number of hydrogen-bond donors (Lipinski definition) is 1. The van der Waals surface area contributed by atoms with Crippen LogP contribution in [-0.2, 0) is 6.61 Å². The lowest BCUT2D eigenvalue weighted by Crippen LogP contribution is -2.00. The van der Waals surface area contributed by atoms with E-state index in [0.29, 0.717) is 11.7 Å². The summed E-state index contributed by atoms with van der Waals surface area (Å²) < 4.78 is 1.71. The van der Waals surface area contributed by atoms with Crippen molar-refractivity contribution >= 4 is 0 Å². The third-order valence-corrected chi connectivity index (χ3v) is 1.25. The number of nitrogens with zero attached hydrogens (tertiary/aromatic N) is 3. The fourth-order valence-corrected chi connectivity index (χ4v) is 0.638. The largest absolute Gasteiger partial charge is 0.390 e. The van der Waals surface area contributed by atoms with Crippen LogP contribution in [0.4, 0.5) is 0 Å². The lowest BCUT2D eigenvalue weighted by atomic mass is 10.4. The van der Waals surface area contributed by atoms with Crippen LogP contribution in [0.3, 0.4) is 0 Å². The standard InChI is InChI=1S/C6H11N3O/c1-5(2)9-3-6(4-10)7-8-9/h3,5,10H,4H2,1-2H3. The zero-order valence-electron chi connectivity index (χ0n) is 6.15. The van der Waals surface area contributed by atoms with E-state index in [1.54, 1.807) is 10.9 Å². The monoisotopic (exact) mass is 141 g/mol. The predicted octanol–water partition coefficient (Wildman–Crippen LogP) is 0.351. The summed E-state index contributed by atoms with van der Waals surface area (Å²) in [6, 6.07) is 0.313. The Morgan fingerprint density at radius 2 is 2.40 bits per heavy atom. The molecule has 4 heteroatoms. The van der Waals surface area contributed by atoms with Crippen molar-refractivity contribution in [3.63, 3.8) is 0 Å². The van der Waals surface area contributed by atoms with Gasteiger partial charge in [-0.3, -0.25) is 0 Å². The highest BCUT2D eigenvalue weighted by molar-refractivity contribution is 4.89. The molecule has 0 aromatic carbocycles. The molecule has 0 bridgehead atoms. The normalized spacial score (nSPS) is 10.8. The molecule has 0 fully saturated rings. The molecule has 0 atom stereocenters. The summed E-state index contributed by atoms with van der Waals surface area (Å²) in [6.45, 7) is 3.98. The van der Waals surface area contributed by atoms with E-state index in [0.717, 1.165) is 0 Å². The molecule has 0 saturated heterocycles. The zero-order valence-corrected chi connectivity index (χ0v) is 6.15. The molecule has 1 rings (SSSR count). The van der Waals surface area contributed by atoms with Gasteiger partial charge in [-0.2, -0.15) is 0 Å². The maximum absolute atomic E-state index is 8.62. The lowest BCUT2D eigenvalue weighted by molar-refractivity contribution is 0.276. The van der Waals surface area contributed by atoms with Crippen LogP contribution in [0.25, 0.3) is 0 Å². The van der Waals surface area contributed by atoms with Crippen LogP contribution >= 0.6 is 0 Å². The molecule has 0 aliphatic rings. The Balaban J connectivity index is 2.78. The molecule has 4 nitrogen and oxygen atoms in total. The summed E-state index contributed by atoms with van der Waals surface area (Å²) in [6.07, 6.45) is 1.74. The van der Waals surface area contributed by atoms with Crippen molar-refractivity contribution in [1.82, 2.24) is 15.0 Å².